The van der Waals surface area contributed by atoms with Gasteiger partial charge in [-0.25, -0.2) is 13.2 Å². The molecule has 0 atom stereocenters. The maximum absolute atomic E-state index is 12.0. The molecule has 0 aromatic heterocycles. The largest absolute Gasteiger partial charge is 0.235 e. The number of aliphatic imine (C=N–C) groups is 1. The van der Waals surface area contributed by atoms with Crippen molar-refractivity contribution in [2.75, 3.05) is 6.26 Å². The maximum atomic E-state index is 12.0. The summed E-state index contributed by atoms with van der Waals surface area (Å²) in [5.74, 6) is 0. The van der Waals surface area contributed by atoms with Crippen LogP contribution in [0.2, 0.25) is 0 Å². The van der Waals surface area contributed by atoms with Crippen LogP contribution in [0.3, 0.4) is 0 Å². The Balaban J connectivity index is 2.71. The van der Waals surface area contributed by atoms with Crippen LogP contribution in [0.5, 0.6) is 0 Å². The Hall–Kier alpha value is -1.45. The van der Waals surface area contributed by atoms with Gasteiger partial charge in [-0.05, 0) is 37.0 Å². The molecular formula is C14H17NO3S. The molecule has 19 heavy (non-hydrogen) atoms. The number of hydrogen-bond donors (Lipinski definition) is 0. The molecule has 1 aliphatic rings. The van der Waals surface area contributed by atoms with Gasteiger partial charge < -0.3 is 0 Å². The van der Waals surface area contributed by atoms with E-state index in [1.807, 2.05) is 13.0 Å². The van der Waals surface area contributed by atoms with Crippen molar-refractivity contribution in [1.29, 1.82) is 0 Å². The molecule has 0 N–H and O–H groups in total. The Morgan fingerprint density at radius 2 is 1.89 bits per heavy atom. The fourth-order valence-corrected chi connectivity index (χ4v) is 3.87. The van der Waals surface area contributed by atoms with Crippen molar-refractivity contribution < 1.29 is 13.2 Å². The minimum absolute atomic E-state index is 0.286. The van der Waals surface area contributed by atoms with Crippen LogP contribution in [-0.2, 0) is 20.2 Å². The number of benzene rings is 1. The number of aryl methyl sites for hydroxylation is 1. The molecule has 1 saturated carbocycles. The molecule has 1 aliphatic carbocycles. The highest BCUT2D eigenvalue weighted by Crippen LogP contribution is 2.44. The zero-order chi connectivity index (χ0) is 14.1. The van der Waals surface area contributed by atoms with Gasteiger partial charge in [-0.2, -0.15) is 4.99 Å². The highest BCUT2D eigenvalue weighted by atomic mass is 32.2. The zero-order valence-electron chi connectivity index (χ0n) is 11.1. The summed E-state index contributed by atoms with van der Waals surface area (Å²) in [6.45, 7) is 1.85. The van der Waals surface area contributed by atoms with E-state index >= 15 is 0 Å². The Morgan fingerprint density at radius 3 is 2.42 bits per heavy atom. The second-order valence-electron chi connectivity index (χ2n) is 5.21. The van der Waals surface area contributed by atoms with Gasteiger partial charge in [-0.15, -0.1) is 0 Å². The summed E-state index contributed by atoms with van der Waals surface area (Å²) in [6, 6.07) is 5.31. The van der Waals surface area contributed by atoms with E-state index in [0.29, 0.717) is 18.4 Å². The predicted octanol–water partition coefficient (Wildman–Crippen LogP) is 2.50. The second-order valence-corrected chi connectivity index (χ2v) is 7.20. The van der Waals surface area contributed by atoms with Crippen LogP contribution in [0.25, 0.3) is 0 Å². The van der Waals surface area contributed by atoms with Gasteiger partial charge in [0.25, 0.3) is 0 Å². The van der Waals surface area contributed by atoms with Gasteiger partial charge in [0, 0.05) is 6.26 Å². The first-order valence-electron chi connectivity index (χ1n) is 6.29. The molecule has 102 valence electrons. The van der Waals surface area contributed by atoms with Crippen molar-refractivity contribution in [3.8, 4) is 0 Å². The molecule has 0 unspecified atom stereocenters. The molecule has 0 amide bonds. The maximum Gasteiger partial charge on any atom is 0.235 e. The van der Waals surface area contributed by atoms with E-state index in [9.17, 15) is 13.2 Å². The van der Waals surface area contributed by atoms with Crippen LogP contribution in [0.1, 0.15) is 36.8 Å². The van der Waals surface area contributed by atoms with Gasteiger partial charge in [0.1, 0.15) is 0 Å². The lowest BCUT2D eigenvalue weighted by atomic mass is 9.88. The van der Waals surface area contributed by atoms with Crippen molar-refractivity contribution in [2.24, 2.45) is 4.99 Å². The van der Waals surface area contributed by atoms with E-state index in [4.69, 9.17) is 0 Å². The molecule has 1 aromatic carbocycles. The van der Waals surface area contributed by atoms with Gasteiger partial charge in [0.05, 0.1) is 10.4 Å². The molecule has 1 fully saturated rings. The summed E-state index contributed by atoms with van der Waals surface area (Å²) < 4.78 is 23.9. The first-order valence-corrected chi connectivity index (χ1v) is 8.18. The Morgan fingerprint density at radius 1 is 1.26 bits per heavy atom. The number of isocyanates is 1. The Labute approximate surface area is 113 Å². The minimum Gasteiger partial charge on any atom is -0.224 e. The molecule has 0 heterocycles. The molecule has 0 bridgehead atoms. The normalized spacial score (nSPS) is 18.0. The predicted molar refractivity (Wildman–Crippen MR) is 72.6 cm³/mol. The van der Waals surface area contributed by atoms with Gasteiger partial charge in [-0.1, -0.05) is 25.0 Å². The summed E-state index contributed by atoms with van der Waals surface area (Å²) in [6.07, 6.45) is 6.11. The standard InChI is InChI=1S/C14H17NO3S/c1-11-5-6-12(13(9-11)19(2,17)18)14(15-10-16)7-3-4-8-14/h5-6,9H,3-4,7-8H2,1-2H3. The van der Waals surface area contributed by atoms with Crippen LogP contribution < -0.4 is 0 Å². The number of hydrogen-bond acceptors (Lipinski definition) is 4. The fourth-order valence-electron chi connectivity index (χ4n) is 2.81. The topological polar surface area (TPSA) is 63.6 Å². The number of sulfone groups is 1. The van der Waals surface area contributed by atoms with Crippen molar-refractivity contribution >= 4 is 15.9 Å². The molecule has 2 rings (SSSR count). The summed E-state index contributed by atoms with van der Waals surface area (Å²) in [7, 11) is -3.34. The van der Waals surface area contributed by atoms with E-state index in [1.165, 1.54) is 6.26 Å². The average molecular weight is 279 g/mol. The fraction of sp³-hybridized carbons (Fsp3) is 0.500. The van der Waals surface area contributed by atoms with Crippen molar-refractivity contribution in [1.82, 2.24) is 0 Å². The van der Waals surface area contributed by atoms with E-state index in [-0.39, 0.29) is 4.90 Å². The SMILES string of the molecule is Cc1ccc(C2(N=C=O)CCCC2)c(S(C)(=O)=O)c1. The highest BCUT2D eigenvalue weighted by molar-refractivity contribution is 7.90. The molecule has 0 spiro atoms. The quantitative estimate of drug-likeness (QED) is 0.631. The molecule has 4 nitrogen and oxygen atoms in total. The smallest absolute Gasteiger partial charge is 0.224 e. The van der Waals surface area contributed by atoms with Gasteiger partial charge in [0.15, 0.2) is 9.84 Å². The highest BCUT2D eigenvalue weighted by Gasteiger charge is 2.38. The zero-order valence-corrected chi connectivity index (χ0v) is 12.0. The van der Waals surface area contributed by atoms with Gasteiger partial charge in [-0.3, -0.25) is 0 Å². The average Bonchev–Trinajstić information content (AvgIpc) is 2.78. The van der Waals surface area contributed by atoms with Crippen LogP contribution >= 0.6 is 0 Å². The lowest BCUT2D eigenvalue weighted by Gasteiger charge is -2.25. The monoisotopic (exact) mass is 279 g/mol. The lowest BCUT2D eigenvalue weighted by molar-refractivity contribution is 0.446. The first kappa shape index (κ1) is 14.0. The molecule has 0 aliphatic heterocycles. The summed E-state index contributed by atoms with van der Waals surface area (Å²) in [5, 5.41) is 0. The number of nitrogens with zero attached hydrogens (tertiary/aromatic N) is 1. The minimum atomic E-state index is -3.34. The van der Waals surface area contributed by atoms with Gasteiger partial charge in [0.2, 0.25) is 6.08 Å². The third-order valence-corrected chi connectivity index (χ3v) is 4.87. The summed E-state index contributed by atoms with van der Waals surface area (Å²) in [5.41, 5.74) is 0.822. The molecular weight excluding hydrogens is 262 g/mol. The van der Waals surface area contributed by atoms with Crippen LogP contribution in [-0.4, -0.2) is 20.8 Å². The molecule has 5 heteroatoms. The first-order chi connectivity index (χ1) is 8.89. The summed E-state index contributed by atoms with van der Waals surface area (Å²) in [4.78, 5) is 15.0. The van der Waals surface area contributed by atoms with Crippen LogP contribution in [0, 0.1) is 6.92 Å². The number of rotatable bonds is 3. The molecule has 1 aromatic rings. The van der Waals surface area contributed by atoms with Gasteiger partial charge >= 0.3 is 0 Å². The third-order valence-electron chi connectivity index (χ3n) is 3.73. The Kier molecular flexibility index (Phi) is 3.61. The third kappa shape index (κ3) is 2.62. The van der Waals surface area contributed by atoms with Crippen molar-refractivity contribution in [3.63, 3.8) is 0 Å². The van der Waals surface area contributed by atoms with Crippen LogP contribution in [0.4, 0.5) is 0 Å². The Bertz CT molecular complexity index is 637. The van der Waals surface area contributed by atoms with E-state index < -0.39 is 15.4 Å². The second kappa shape index (κ2) is 4.91. The number of carbonyl (C=O) groups excluding carboxylic acids is 1. The van der Waals surface area contributed by atoms with E-state index in [0.717, 1.165) is 18.4 Å². The van der Waals surface area contributed by atoms with E-state index in [1.54, 1.807) is 18.2 Å². The van der Waals surface area contributed by atoms with Crippen LogP contribution in [0.15, 0.2) is 28.1 Å². The van der Waals surface area contributed by atoms with E-state index in [2.05, 4.69) is 4.99 Å². The van der Waals surface area contributed by atoms with Crippen molar-refractivity contribution in [2.45, 2.75) is 43.0 Å². The summed E-state index contributed by atoms with van der Waals surface area (Å²) >= 11 is 0. The lowest BCUT2D eigenvalue weighted by Crippen LogP contribution is -2.22. The van der Waals surface area contributed by atoms with Crippen molar-refractivity contribution in [3.05, 3.63) is 29.3 Å². The molecule has 0 radical (unpaired) electrons. The molecule has 0 saturated heterocycles.